The van der Waals surface area contributed by atoms with Gasteiger partial charge in [0.2, 0.25) is 5.91 Å². The number of rotatable bonds is 6. The molecule has 168 valence electrons. The predicted octanol–water partition coefficient (Wildman–Crippen LogP) is 5.40. The highest BCUT2D eigenvalue weighted by atomic mass is 35.5. The molecule has 6 nitrogen and oxygen atoms in total. The molecule has 0 unspecified atom stereocenters. The number of aromatic nitrogens is 2. The minimum Gasteiger partial charge on any atom is -0.495 e. The minimum atomic E-state index is -0.236. The van der Waals surface area contributed by atoms with Gasteiger partial charge < -0.3 is 10.1 Å². The monoisotopic (exact) mass is 479 g/mol. The van der Waals surface area contributed by atoms with E-state index in [-0.39, 0.29) is 17.2 Å². The molecule has 0 saturated carbocycles. The average molecular weight is 480 g/mol. The molecule has 0 radical (unpaired) electrons. The lowest BCUT2D eigenvalue weighted by Crippen LogP contribution is -2.23. The van der Waals surface area contributed by atoms with Gasteiger partial charge in [-0.05, 0) is 67.4 Å². The van der Waals surface area contributed by atoms with Crippen LogP contribution in [0.3, 0.4) is 0 Å². The van der Waals surface area contributed by atoms with Gasteiger partial charge in [0, 0.05) is 5.02 Å². The first-order chi connectivity index (χ1) is 15.9. The molecular formula is C25H22ClN3O3S. The SMILES string of the molecule is COc1ccc(C)cc1NC(=O)CSc1nc2cc(Cl)ccc2c(=O)n1-c1cccc(C)c1. The molecule has 1 aromatic heterocycles. The Balaban J connectivity index is 1.69. The summed E-state index contributed by atoms with van der Waals surface area (Å²) < 4.78 is 6.87. The highest BCUT2D eigenvalue weighted by molar-refractivity contribution is 7.99. The van der Waals surface area contributed by atoms with Gasteiger partial charge in [-0.3, -0.25) is 14.2 Å². The van der Waals surface area contributed by atoms with E-state index >= 15 is 0 Å². The molecule has 0 spiro atoms. The third kappa shape index (κ3) is 5.05. The number of aryl methyl sites for hydroxylation is 2. The third-order valence-electron chi connectivity index (χ3n) is 5.02. The zero-order valence-corrected chi connectivity index (χ0v) is 20.0. The normalized spacial score (nSPS) is 10.9. The Morgan fingerprint density at radius 1 is 1.09 bits per heavy atom. The first-order valence-corrected chi connectivity index (χ1v) is 11.6. The number of carbonyl (C=O) groups excluding carboxylic acids is 1. The van der Waals surface area contributed by atoms with Crippen molar-refractivity contribution in [3.63, 3.8) is 0 Å². The molecule has 3 aromatic carbocycles. The number of halogens is 1. The maximum Gasteiger partial charge on any atom is 0.266 e. The topological polar surface area (TPSA) is 73.2 Å². The van der Waals surface area contributed by atoms with Gasteiger partial charge >= 0.3 is 0 Å². The summed E-state index contributed by atoms with van der Waals surface area (Å²) >= 11 is 7.31. The van der Waals surface area contributed by atoms with Crippen molar-refractivity contribution in [1.82, 2.24) is 9.55 Å². The summed E-state index contributed by atoms with van der Waals surface area (Å²) in [5, 5.41) is 4.24. The number of ether oxygens (including phenoxy) is 1. The van der Waals surface area contributed by atoms with Gasteiger partial charge in [0.05, 0.1) is 35.1 Å². The number of anilines is 1. The molecule has 1 amide bonds. The van der Waals surface area contributed by atoms with Gasteiger partial charge in [-0.25, -0.2) is 4.98 Å². The number of amides is 1. The second-order valence-corrected chi connectivity index (χ2v) is 8.95. The largest absolute Gasteiger partial charge is 0.495 e. The molecular weight excluding hydrogens is 458 g/mol. The van der Waals surface area contributed by atoms with E-state index in [1.807, 2.05) is 56.3 Å². The van der Waals surface area contributed by atoms with Crippen molar-refractivity contribution < 1.29 is 9.53 Å². The maximum atomic E-state index is 13.4. The molecule has 0 aliphatic heterocycles. The summed E-state index contributed by atoms with van der Waals surface area (Å²) in [4.78, 5) is 30.8. The summed E-state index contributed by atoms with van der Waals surface area (Å²) in [6.07, 6.45) is 0. The Labute approximate surface area is 200 Å². The fraction of sp³-hybridized carbons (Fsp3) is 0.160. The molecule has 33 heavy (non-hydrogen) atoms. The number of nitrogens with zero attached hydrogens (tertiary/aromatic N) is 2. The summed E-state index contributed by atoms with van der Waals surface area (Å²) in [5.74, 6) is 0.399. The summed E-state index contributed by atoms with van der Waals surface area (Å²) in [6, 6.07) is 18.2. The van der Waals surface area contributed by atoms with Crippen molar-refractivity contribution in [3.8, 4) is 11.4 Å². The average Bonchev–Trinajstić information content (AvgIpc) is 2.77. The molecule has 0 fully saturated rings. The molecule has 1 heterocycles. The number of methoxy groups -OCH3 is 1. The number of nitrogens with one attached hydrogen (secondary N) is 1. The Bertz CT molecular complexity index is 1420. The first kappa shape index (κ1) is 22.9. The molecule has 8 heteroatoms. The van der Waals surface area contributed by atoms with Gasteiger partial charge in [0.25, 0.3) is 5.56 Å². The van der Waals surface area contributed by atoms with Gasteiger partial charge in [0.15, 0.2) is 5.16 Å². The van der Waals surface area contributed by atoms with Crippen LogP contribution >= 0.6 is 23.4 Å². The Hall–Kier alpha value is -3.29. The standard InChI is InChI=1S/C25H22ClN3O3S/c1-15-5-4-6-18(11-15)29-24(31)19-9-8-17(26)13-20(19)28-25(29)33-14-23(30)27-21-12-16(2)7-10-22(21)32-3/h4-13H,14H2,1-3H3,(H,27,30). The van der Waals surface area contributed by atoms with E-state index in [4.69, 9.17) is 16.3 Å². The summed E-state index contributed by atoms with van der Waals surface area (Å²) in [5.41, 5.74) is 3.56. The summed E-state index contributed by atoms with van der Waals surface area (Å²) in [6.45, 7) is 3.90. The van der Waals surface area contributed by atoms with Crippen molar-refractivity contribution in [2.75, 3.05) is 18.2 Å². The van der Waals surface area contributed by atoms with Crippen LogP contribution in [0.25, 0.3) is 16.6 Å². The van der Waals surface area contributed by atoms with Crippen LogP contribution in [0, 0.1) is 13.8 Å². The molecule has 0 aliphatic rings. The number of hydrogen-bond acceptors (Lipinski definition) is 5. The van der Waals surface area contributed by atoms with Crippen LogP contribution in [-0.2, 0) is 4.79 Å². The smallest absolute Gasteiger partial charge is 0.266 e. The van der Waals surface area contributed by atoms with Crippen LogP contribution in [0.15, 0.2) is 70.6 Å². The first-order valence-electron chi connectivity index (χ1n) is 10.2. The van der Waals surface area contributed by atoms with E-state index in [1.165, 1.54) is 16.3 Å². The Morgan fingerprint density at radius 2 is 1.88 bits per heavy atom. The minimum absolute atomic E-state index is 0.0570. The zero-order valence-electron chi connectivity index (χ0n) is 18.4. The number of carbonyl (C=O) groups is 1. The lowest BCUT2D eigenvalue weighted by atomic mass is 10.2. The van der Waals surface area contributed by atoms with E-state index in [0.29, 0.717) is 38.2 Å². The number of fused-ring (bicyclic) bond motifs is 1. The van der Waals surface area contributed by atoms with Gasteiger partial charge in [-0.1, -0.05) is 41.6 Å². The summed E-state index contributed by atoms with van der Waals surface area (Å²) in [7, 11) is 1.56. The fourth-order valence-corrected chi connectivity index (χ4v) is 4.44. The van der Waals surface area contributed by atoms with E-state index in [0.717, 1.165) is 11.1 Å². The second kappa shape index (κ2) is 9.68. The van der Waals surface area contributed by atoms with Gasteiger partial charge in [0.1, 0.15) is 5.75 Å². The Morgan fingerprint density at radius 3 is 2.64 bits per heavy atom. The molecule has 1 N–H and O–H groups in total. The van der Waals surface area contributed by atoms with Crippen molar-refractivity contribution >= 4 is 45.9 Å². The van der Waals surface area contributed by atoms with Gasteiger partial charge in [-0.15, -0.1) is 0 Å². The predicted molar refractivity (Wildman–Crippen MR) is 134 cm³/mol. The van der Waals surface area contributed by atoms with Crippen molar-refractivity contribution in [2.45, 2.75) is 19.0 Å². The van der Waals surface area contributed by atoms with Crippen molar-refractivity contribution in [3.05, 3.63) is 87.2 Å². The second-order valence-electron chi connectivity index (χ2n) is 7.58. The number of benzene rings is 3. The van der Waals surface area contributed by atoms with Crippen LogP contribution in [0.2, 0.25) is 5.02 Å². The van der Waals surface area contributed by atoms with E-state index < -0.39 is 0 Å². The Kier molecular flexibility index (Phi) is 6.72. The zero-order chi connectivity index (χ0) is 23.5. The highest BCUT2D eigenvalue weighted by Gasteiger charge is 2.16. The lowest BCUT2D eigenvalue weighted by Gasteiger charge is -2.14. The van der Waals surface area contributed by atoms with Crippen LogP contribution in [0.1, 0.15) is 11.1 Å². The van der Waals surface area contributed by atoms with E-state index in [1.54, 1.807) is 25.3 Å². The maximum absolute atomic E-state index is 13.4. The number of thioether (sulfide) groups is 1. The fourth-order valence-electron chi connectivity index (χ4n) is 3.47. The third-order valence-corrected chi connectivity index (χ3v) is 6.20. The van der Waals surface area contributed by atoms with E-state index in [2.05, 4.69) is 10.3 Å². The van der Waals surface area contributed by atoms with Crippen molar-refractivity contribution in [1.29, 1.82) is 0 Å². The van der Waals surface area contributed by atoms with Crippen LogP contribution in [0.5, 0.6) is 5.75 Å². The lowest BCUT2D eigenvalue weighted by molar-refractivity contribution is -0.113. The van der Waals surface area contributed by atoms with Crippen LogP contribution in [-0.4, -0.2) is 28.3 Å². The molecule has 0 bridgehead atoms. The van der Waals surface area contributed by atoms with Crippen LogP contribution < -0.4 is 15.6 Å². The van der Waals surface area contributed by atoms with Crippen molar-refractivity contribution in [2.24, 2.45) is 0 Å². The van der Waals surface area contributed by atoms with Gasteiger partial charge in [-0.2, -0.15) is 0 Å². The highest BCUT2D eigenvalue weighted by Crippen LogP contribution is 2.27. The molecule has 0 aliphatic carbocycles. The molecule has 0 saturated heterocycles. The molecule has 4 aromatic rings. The van der Waals surface area contributed by atoms with Crippen LogP contribution in [0.4, 0.5) is 5.69 Å². The number of hydrogen-bond donors (Lipinski definition) is 1. The quantitative estimate of drug-likeness (QED) is 0.296. The molecule has 4 rings (SSSR count). The van der Waals surface area contributed by atoms with E-state index in [9.17, 15) is 9.59 Å². The molecule has 0 atom stereocenters.